The van der Waals surface area contributed by atoms with Crippen LogP contribution in [0.2, 0.25) is 0 Å². The number of rotatable bonds is 3. The number of ether oxygens (including phenoxy) is 1. The summed E-state index contributed by atoms with van der Waals surface area (Å²) in [6, 6.07) is 0. The molecule has 0 aromatic heterocycles. The summed E-state index contributed by atoms with van der Waals surface area (Å²) in [5.74, 6) is -0.195. The maximum Gasteiger partial charge on any atom is 0.216 e. The Hall–Kier alpha value is -0.170. The fourth-order valence-corrected chi connectivity index (χ4v) is 2.79. The molecular weight excluding hydrogens is 206 g/mol. The Morgan fingerprint density at radius 2 is 2.29 bits per heavy atom. The van der Waals surface area contributed by atoms with Crippen molar-refractivity contribution in [2.45, 2.75) is 19.4 Å². The number of nitrogens with zero attached hydrogens (tertiary/aromatic N) is 1. The van der Waals surface area contributed by atoms with Crippen molar-refractivity contribution in [3.63, 3.8) is 0 Å². The normalized spacial score (nSPS) is 26.0. The van der Waals surface area contributed by atoms with E-state index < -0.39 is 10.0 Å². The van der Waals surface area contributed by atoms with Gasteiger partial charge in [0.2, 0.25) is 10.0 Å². The Balaban J connectivity index is 2.65. The lowest BCUT2D eigenvalue weighted by molar-refractivity contribution is 0.0751. The number of hydrogen-bond donors (Lipinski definition) is 1. The van der Waals surface area contributed by atoms with Gasteiger partial charge in [0.25, 0.3) is 0 Å². The highest BCUT2D eigenvalue weighted by atomic mass is 32.2. The molecule has 1 heterocycles. The first-order chi connectivity index (χ1) is 6.56. The third kappa shape index (κ3) is 3.20. The molecule has 0 amide bonds. The molecule has 14 heavy (non-hydrogen) atoms. The predicted octanol–water partition coefficient (Wildman–Crippen LogP) is -0.581. The van der Waals surface area contributed by atoms with E-state index in [-0.39, 0.29) is 18.5 Å². The molecule has 0 radical (unpaired) electrons. The van der Waals surface area contributed by atoms with Crippen molar-refractivity contribution in [2.24, 2.45) is 0 Å². The van der Waals surface area contributed by atoms with Crippen LogP contribution in [0.5, 0.6) is 0 Å². The van der Waals surface area contributed by atoms with Gasteiger partial charge in [-0.05, 0) is 13.3 Å². The molecule has 0 aromatic carbocycles. The molecule has 1 aliphatic rings. The minimum Gasteiger partial charge on any atom is -0.395 e. The van der Waals surface area contributed by atoms with Crippen LogP contribution in [0.3, 0.4) is 0 Å². The average Bonchev–Trinajstić information content (AvgIpc) is 2.30. The van der Waals surface area contributed by atoms with Gasteiger partial charge in [-0.2, -0.15) is 4.31 Å². The lowest BCUT2D eigenvalue weighted by Gasteiger charge is -2.20. The summed E-state index contributed by atoms with van der Waals surface area (Å²) in [4.78, 5) is 0. The van der Waals surface area contributed by atoms with Gasteiger partial charge in [0.1, 0.15) is 0 Å². The molecule has 5 nitrogen and oxygen atoms in total. The number of hydrogen-bond acceptors (Lipinski definition) is 4. The highest BCUT2D eigenvalue weighted by molar-refractivity contribution is 7.89. The maximum absolute atomic E-state index is 11.6. The van der Waals surface area contributed by atoms with Crippen molar-refractivity contribution in [1.29, 1.82) is 0 Å². The molecule has 1 N–H and O–H groups in total. The Morgan fingerprint density at radius 1 is 1.57 bits per heavy atom. The van der Waals surface area contributed by atoms with Gasteiger partial charge in [0, 0.05) is 19.7 Å². The van der Waals surface area contributed by atoms with E-state index in [9.17, 15) is 8.42 Å². The van der Waals surface area contributed by atoms with Crippen LogP contribution in [0.1, 0.15) is 13.3 Å². The fourth-order valence-electron chi connectivity index (χ4n) is 1.45. The van der Waals surface area contributed by atoms with Crippen molar-refractivity contribution in [3.8, 4) is 0 Å². The van der Waals surface area contributed by atoms with Crippen LogP contribution < -0.4 is 0 Å². The van der Waals surface area contributed by atoms with Crippen LogP contribution in [0.15, 0.2) is 0 Å². The van der Waals surface area contributed by atoms with Gasteiger partial charge in [-0.1, -0.05) is 0 Å². The van der Waals surface area contributed by atoms with Gasteiger partial charge in [-0.3, -0.25) is 0 Å². The summed E-state index contributed by atoms with van der Waals surface area (Å²) in [6.45, 7) is 3.02. The van der Waals surface area contributed by atoms with Gasteiger partial charge in [0.15, 0.2) is 0 Å². The average molecular weight is 223 g/mol. The second-order valence-electron chi connectivity index (χ2n) is 3.43. The van der Waals surface area contributed by atoms with Crippen molar-refractivity contribution in [2.75, 3.05) is 32.1 Å². The molecule has 1 aliphatic heterocycles. The second kappa shape index (κ2) is 5.06. The molecular formula is C8H17NO4S. The topological polar surface area (TPSA) is 66.8 Å². The second-order valence-corrected chi connectivity index (χ2v) is 5.52. The van der Waals surface area contributed by atoms with E-state index in [1.54, 1.807) is 0 Å². The molecule has 0 saturated carbocycles. The molecule has 0 bridgehead atoms. The summed E-state index contributed by atoms with van der Waals surface area (Å²) in [6.07, 6.45) is 0.653. The van der Waals surface area contributed by atoms with E-state index in [0.29, 0.717) is 19.7 Å². The first kappa shape index (κ1) is 11.9. The van der Waals surface area contributed by atoms with E-state index in [0.717, 1.165) is 6.42 Å². The monoisotopic (exact) mass is 223 g/mol. The van der Waals surface area contributed by atoms with Crippen molar-refractivity contribution in [1.82, 2.24) is 4.31 Å². The van der Waals surface area contributed by atoms with Crippen LogP contribution in [0, 0.1) is 0 Å². The standard InChI is InChI=1S/C8H17NO4S/c1-8-7-9(3-2-5-13-8)14(11,12)6-4-10/h8,10H,2-7H2,1H3. The molecule has 1 rings (SSSR count). The molecule has 1 fully saturated rings. The van der Waals surface area contributed by atoms with Gasteiger partial charge in [-0.25, -0.2) is 8.42 Å². The molecule has 84 valence electrons. The summed E-state index contributed by atoms with van der Waals surface area (Å²) < 4.78 is 29.9. The highest BCUT2D eigenvalue weighted by Gasteiger charge is 2.25. The number of sulfonamides is 1. The summed E-state index contributed by atoms with van der Waals surface area (Å²) in [5.41, 5.74) is 0. The summed E-state index contributed by atoms with van der Waals surface area (Å²) in [5, 5.41) is 8.63. The predicted molar refractivity (Wildman–Crippen MR) is 52.5 cm³/mol. The van der Waals surface area contributed by atoms with Crippen LogP contribution in [-0.2, 0) is 14.8 Å². The number of aliphatic hydroxyl groups is 1. The van der Waals surface area contributed by atoms with Crippen LogP contribution in [0.4, 0.5) is 0 Å². The molecule has 0 spiro atoms. The molecule has 1 saturated heterocycles. The first-order valence-electron chi connectivity index (χ1n) is 4.76. The smallest absolute Gasteiger partial charge is 0.216 e. The van der Waals surface area contributed by atoms with Crippen molar-refractivity contribution in [3.05, 3.63) is 0 Å². The van der Waals surface area contributed by atoms with Gasteiger partial charge in [0.05, 0.1) is 18.5 Å². The summed E-state index contributed by atoms with van der Waals surface area (Å²) >= 11 is 0. The maximum atomic E-state index is 11.6. The Morgan fingerprint density at radius 3 is 2.93 bits per heavy atom. The zero-order valence-electron chi connectivity index (χ0n) is 8.35. The third-order valence-electron chi connectivity index (χ3n) is 2.16. The molecule has 1 unspecified atom stereocenters. The number of aliphatic hydroxyl groups excluding tert-OH is 1. The van der Waals surface area contributed by atoms with E-state index in [1.807, 2.05) is 6.92 Å². The van der Waals surface area contributed by atoms with E-state index in [4.69, 9.17) is 9.84 Å². The van der Waals surface area contributed by atoms with Crippen LogP contribution in [-0.4, -0.2) is 56.0 Å². The van der Waals surface area contributed by atoms with Crippen molar-refractivity contribution >= 4 is 10.0 Å². The first-order valence-corrected chi connectivity index (χ1v) is 6.37. The molecule has 0 aliphatic carbocycles. The quantitative estimate of drug-likeness (QED) is 0.695. The molecule has 1 atom stereocenters. The van der Waals surface area contributed by atoms with E-state index >= 15 is 0 Å². The minimum atomic E-state index is -3.29. The lowest BCUT2D eigenvalue weighted by atomic mass is 10.4. The Labute approximate surface area is 84.7 Å². The Kier molecular flexibility index (Phi) is 4.31. The van der Waals surface area contributed by atoms with E-state index in [1.165, 1.54) is 4.31 Å². The zero-order chi connectivity index (χ0) is 10.6. The SMILES string of the molecule is CC1CN(S(=O)(=O)CCO)CCCO1. The third-order valence-corrected chi connectivity index (χ3v) is 3.97. The zero-order valence-corrected chi connectivity index (χ0v) is 9.16. The minimum absolute atomic E-state index is 0.0639. The Bertz CT molecular complexity index is 265. The van der Waals surface area contributed by atoms with Crippen LogP contribution in [0.25, 0.3) is 0 Å². The van der Waals surface area contributed by atoms with Gasteiger partial charge in [-0.15, -0.1) is 0 Å². The lowest BCUT2D eigenvalue weighted by Crippen LogP contribution is -2.38. The largest absolute Gasteiger partial charge is 0.395 e. The molecule has 6 heteroatoms. The fraction of sp³-hybridized carbons (Fsp3) is 1.00. The molecule has 0 aromatic rings. The van der Waals surface area contributed by atoms with Crippen molar-refractivity contribution < 1.29 is 18.3 Å². The van der Waals surface area contributed by atoms with Crippen LogP contribution >= 0.6 is 0 Å². The highest BCUT2D eigenvalue weighted by Crippen LogP contribution is 2.10. The van der Waals surface area contributed by atoms with Gasteiger partial charge < -0.3 is 9.84 Å². The van der Waals surface area contributed by atoms with Gasteiger partial charge >= 0.3 is 0 Å². The summed E-state index contributed by atoms with van der Waals surface area (Å²) in [7, 11) is -3.29. The van der Waals surface area contributed by atoms with E-state index in [2.05, 4.69) is 0 Å².